The van der Waals surface area contributed by atoms with Crippen molar-refractivity contribution in [2.45, 2.75) is 13.5 Å². The van der Waals surface area contributed by atoms with Crippen LogP contribution < -0.4 is 10.1 Å². The Kier molecular flexibility index (Phi) is 6.25. The highest BCUT2D eigenvalue weighted by Crippen LogP contribution is 2.35. The Morgan fingerprint density at radius 3 is 2.47 bits per heavy atom. The van der Waals surface area contributed by atoms with Crippen molar-refractivity contribution < 1.29 is 19.1 Å². The summed E-state index contributed by atoms with van der Waals surface area (Å²) in [5.41, 5.74) is 2.36. The number of hydrogen-bond acceptors (Lipinski definition) is 7. The number of carbonyl (C=O) groups is 2. The van der Waals surface area contributed by atoms with Gasteiger partial charge in [-0.1, -0.05) is 42.5 Å². The summed E-state index contributed by atoms with van der Waals surface area (Å²) in [5.74, 6) is 0.498. The quantitative estimate of drug-likeness (QED) is 0.415. The highest BCUT2D eigenvalue weighted by atomic mass is 32.1. The second-order valence-corrected chi connectivity index (χ2v) is 8.05. The number of ether oxygens (including phenoxy) is 2. The molecule has 2 aromatic heterocycles. The lowest BCUT2D eigenvalue weighted by Gasteiger charge is -2.07. The number of nitrogens with zero attached hydrogens (tertiary/aromatic N) is 2. The molecule has 0 atom stereocenters. The molecule has 8 heteroatoms. The zero-order chi connectivity index (χ0) is 22.7. The van der Waals surface area contributed by atoms with Crippen LogP contribution in [0.4, 0.5) is 5.69 Å². The summed E-state index contributed by atoms with van der Waals surface area (Å²) in [6.07, 6.45) is 0. The van der Waals surface area contributed by atoms with Crippen LogP contribution >= 0.6 is 11.3 Å². The Morgan fingerprint density at radius 2 is 1.75 bits per heavy atom. The van der Waals surface area contributed by atoms with E-state index in [1.54, 1.807) is 43.5 Å². The van der Waals surface area contributed by atoms with Gasteiger partial charge in [-0.25, -0.2) is 4.98 Å². The predicted octanol–water partition coefficient (Wildman–Crippen LogP) is 4.64. The second kappa shape index (κ2) is 9.25. The first-order chi connectivity index (χ1) is 15.5. The number of aryl methyl sites for hydroxylation is 1. The molecule has 32 heavy (non-hydrogen) atoms. The van der Waals surface area contributed by atoms with Gasteiger partial charge in [0.15, 0.2) is 11.6 Å². The number of fused-ring (bicyclic) bond motifs is 1. The molecule has 0 aliphatic heterocycles. The number of methoxy groups -OCH3 is 2. The second-order valence-electron chi connectivity index (χ2n) is 7.05. The number of carbonyl (C=O) groups excluding carboxylic acids is 2. The molecule has 0 spiro atoms. The van der Waals surface area contributed by atoms with Gasteiger partial charge in [-0.05, 0) is 24.6 Å². The highest BCUT2D eigenvalue weighted by Gasteiger charge is 2.21. The minimum atomic E-state index is -0.287. The third-order valence-electron chi connectivity index (χ3n) is 4.89. The summed E-state index contributed by atoms with van der Waals surface area (Å²) in [6.45, 7) is 2.08. The maximum absolute atomic E-state index is 13.1. The van der Waals surface area contributed by atoms with E-state index in [0.717, 1.165) is 5.56 Å². The molecular weight excluding hydrogens is 426 g/mol. The van der Waals surface area contributed by atoms with Gasteiger partial charge in [0.05, 0.1) is 17.4 Å². The van der Waals surface area contributed by atoms with Crippen molar-refractivity contribution >= 4 is 38.9 Å². The Morgan fingerprint density at radius 1 is 1.00 bits per heavy atom. The molecule has 0 fully saturated rings. The van der Waals surface area contributed by atoms with Crippen LogP contribution in [0, 0.1) is 6.92 Å². The van der Waals surface area contributed by atoms with Gasteiger partial charge < -0.3 is 14.8 Å². The van der Waals surface area contributed by atoms with E-state index in [-0.39, 0.29) is 18.3 Å². The van der Waals surface area contributed by atoms with Crippen LogP contribution in [0.3, 0.4) is 0 Å². The average molecular weight is 448 g/mol. The van der Waals surface area contributed by atoms with Gasteiger partial charge in [0.2, 0.25) is 5.88 Å². The van der Waals surface area contributed by atoms with Gasteiger partial charge in [0.25, 0.3) is 5.91 Å². The lowest BCUT2D eigenvalue weighted by Crippen LogP contribution is -2.12. The molecule has 0 saturated carbocycles. The molecule has 2 heterocycles. The van der Waals surface area contributed by atoms with E-state index in [2.05, 4.69) is 15.3 Å². The number of rotatable bonds is 7. The molecule has 1 amide bonds. The van der Waals surface area contributed by atoms with E-state index in [4.69, 9.17) is 9.47 Å². The normalized spacial score (nSPS) is 10.8. The number of benzene rings is 2. The SMILES string of the molecule is COCc1nc(OC)c2c(C)c(C(=O)Nc3cccc(C(=O)c4ccccc4)c3)sc2n1. The van der Waals surface area contributed by atoms with Crippen molar-refractivity contribution in [2.24, 2.45) is 0 Å². The topological polar surface area (TPSA) is 90.4 Å². The number of anilines is 1. The summed E-state index contributed by atoms with van der Waals surface area (Å²) in [7, 11) is 3.10. The Labute approximate surface area is 189 Å². The summed E-state index contributed by atoms with van der Waals surface area (Å²) in [4.78, 5) is 35.8. The van der Waals surface area contributed by atoms with Crippen molar-refractivity contribution in [3.05, 3.63) is 82.0 Å². The van der Waals surface area contributed by atoms with E-state index in [1.165, 1.54) is 18.4 Å². The molecule has 0 unspecified atom stereocenters. The van der Waals surface area contributed by atoms with E-state index in [9.17, 15) is 9.59 Å². The zero-order valence-electron chi connectivity index (χ0n) is 17.8. The van der Waals surface area contributed by atoms with Crippen LogP contribution in [0.25, 0.3) is 10.2 Å². The number of nitrogens with one attached hydrogen (secondary N) is 1. The van der Waals surface area contributed by atoms with E-state index in [1.807, 2.05) is 25.1 Å². The number of aromatic nitrogens is 2. The van der Waals surface area contributed by atoms with Crippen LogP contribution in [0.15, 0.2) is 54.6 Å². The molecule has 2 aromatic carbocycles. The Balaban J connectivity index is 1.63. The molecule has 0 aliphatic carbocycles. The first kappa shape index (κ1) is 21.6. The molecule has 0 bridgehead atoms. The van der Waals surface area contributed by atoms with Crippen LogP contribution in [0.5, 0.6) is 5.88 Å². The van der Waals surface area contributed by atoms with E-state index in [0.29, 0.717) is 43.6 Å². The third-order valence-corrected chi connectivity index (χ3v) is 6.08. The Hall–Kier alpha value is -3.62. The van der Waals surface area contributed by atoms with Gasteiger partial charge in [0.1, 0.15) is 11.4 Å². The van der Waals surface area contributed by atoms with Gasteiger partial charge in [-0.3, -0.25) is 9.59 Å². The summed E-state index contributed by atoms with van der Waals surface area (Å²) >= 11 is 1.26. The lowest BCUT2D eigenvalue weighted by molar-refractivity contribution is 0.102. The van der Waals surface area contributed by atoms with Crippen LogP contribution in [0.1, 0.15) is 37.0 Å². The molecule has 162 valence electrons. The summed E-state index contributed by atoms with van der Waals surface area (Å²) in [6, 6.07) is 15.9. The van der Waals surface area contributed by atoms with Gasteiger partial charge in [-0.15, -0.1) is 11.3 Å². The van der Waals surface area contributed by atoms with Crippen molar-refractivity contribution in [2.75, 3.05) is 19.5 Å². The number of amides is 1. The van der Waals surface area contributed by atoms with Crippen LogP contribution in [-0.2, 0) is 11.3 Å². The average Bonchev–Trinajstić information content (AvgIpc) is 3.15. The molecule has 0 aliphatic rings. The molecule has 4 aromatic rings. The molecule has 0 saturated heterocycles. The van der Waals surface area contributed by atoms with Crippen LogP contribution in [-0.4, -0.2) is 35.9 Å². The monoisotopic (exact) mass is 447 g/mol. The first-order valence-corrected chi connectivity index (χ1v) is 10.7. The zero-order valence-corrected chi connectivity index (χ0v) is 18.7. The van der Waals surface area contributed by atoms with Crippen molar-refractivity contribution in [3.8, 4) is 5.88 Å². The third kappa shape index (κ3) is 4.23. The summed E-state index contributed by atoms with van der Waals surface area (Å²) in [5, 5.41) is 3.59. The minimum absolute atomic E-state index is 0.106. The summed E-state index contributed by atoms with van der Waals surface area (Å²) < 4.78 is 10.5. The van der Waals surface area contributed by atoms with Gasteiger partial charge >= 0.3 is 0 Å². The minimum Gasteiger partial charge on any atom is -0.480 e. The predicted molar refractivity (Wildman–Crippen MR) is 124 cm³/mol. The number of ketones is 1. The largest absolute Gasteiger partial charge is 0.480 e. The molecule has 0 radical (unpaired) electrons. The van der Waals surface area contributed by atoms with Crippen molar-refractivity contribution in [3.63, 3.8) is 0 Å². The molecule has 4 rings (SSSR count). The van der Waals surface area contributed by atoms with Crippen molar-refractivity contribution in [1.29, 1.82) is 0 Å². The smallest absolute Gasteiger partial charge is 0.266 e. The highest BCUT2D eigenvalue weighted by molar-refractivity contribution is 7.20. The fraction of sp³-hybridized carbons (Fsp3) is 0.167. The number of hydrogen-bond donors (Lipinski definition) is 1. The first-order valence-electron chi connectivity index (χ1n) is 9.86. The van der Waals surface area contributed by atoms with Gasteiger partial charge in [0, 0.05) is 23.9 Å². The molecule has 7 nitrogen and oxygen atoms in total. The van der Waals surface area contributed by atoms with E-state index < -0.39 is 0 Å². The maximum atomic E-state index is 13.1. The lowest BCUT2D eigenvalue weighted by atomic mass is 10.0. The van der Waals surface area contributed by atoms with Gasteiger partial charge in [-0.2, -0.15) is 4.98 Å². The van der Waals surface area contributed by atoms with Crippen molar-refractivity contribution in [1.82, 2.24) is 9.97 Å². The molecular formula is C24H21N3O4S. The van der Waals surface area contributed by atoms with Crippen LogP contribution in [0.2, 0.25) is 0 Å². The maximum Gasteiger partial charge on any atom is 0.266 e. The fourth-order valence-electron chi connectivity index (χ4n) is 3.38. The molecule has 1 N–H and O–H groups in total. The Bertz CT molecular complexity index is 1300. The number of thiophene rings is 1. The fourth-order valence-corrected chi connectivity index (χ4v) is 4.47. The van der Waals surface area contributed by atoms with E-state index >= 15 is 0 Å². The standard InChI is InChI=1S/C24H21N3O4S/c1-14-19-23(31-3)26-18(13-30-2)27-24(19)32-21(14)22(29)25-17-11-7-10-16(12-17)20(28)15-8-5-4-6-9-15/h4-12H,13H2,1-3H3,(H,25,29).